The Labute approximate surface area is 93.1 Å². The fraction of sp³-hybridized carbons (Fsp3) is 1.00. The lowest BCUT2D eigenvalue weighted by Gasteiger charge is -2.37. The van der Waals surface area contributed by atoms with E-state index >= 15 is 0 Å². The summed E-state index contributed by atoms with van der Waals surface area (Å²) in [4.78, 5) is 0. The molecule has 2 unspecified atom stereocenters. The van der Waals surface area contributed by atoms with Gasteiger partial charge >= 0.3 is 0 Å². The van der Waals surface area contributed by atoms with Crippen LogP contribution in [0.2, 0.25) is 0 Å². The molecule has 2 fully saturated rings. The van der Waals surface area contributed by atoms with E-state index in [0.717, 1.165) is 38.1 Å². The Morgan fingerprint density at radius 3 is 2.20 bits per heavy atom. The fourth-order valence-corrected chi connectivity index (χ4v) is 3.00. The van der Waals surface area contributed by atoms with Crippen molar-refractivity contribution >= 4 is 0 Å². The molecule has 3 heteroatoms. The van der Waals surface area contributed by atoms with Gasteiger partial charge in [-0.1, -0.05) is 13.8 Å². The van der Waals surface area contributed by atoms with E-state index in [1.807, 2.05) is 0 Å². The lowest BCUT2D eigenvalue weighted by Crippen LogP contribution is -2.51. The van der Waals surface area contributed by atoms with E-state index in [4.69, 9.17) is 4.74 Å². The summed E-state index contributed by atoms with van der Waals surface area (Å²) >= 11 is 0. The number of morpholine rings is 1. The number of hydrazine groups is 1. The van der Waals surface area contributed by atoms with Crippen molar-refractivity contribution in [2.45, 2.75) is 39.2 Å². The van der Waals surface area contributed by atoms with E-state index in [9.17, 15) is 0 Å². The van der Waals surface area contributed by atoms with Crippen molar-refractivity contribution in [1.29, 1.82) is 0 Å². The van der Waals surface area contributed by atoms with Gasteiger partial charge in [0.15, 0.2) is 0 Å². The molecule has 0 aromatic carbocycles. The summed E-state index contributed by atoms with van der Waals surface area (Å²) in [7, 11) is 0. The molecule has 0 aromatic rings. The third-order valence-corrected chi connectivity index (χ3v) is 3.55. The molecule has 1 N–H and O–H groups in total. The molecule has 0 spiro atoms. The van der Waals surface area contributed by atoms with Gasteiger partial charge in [0.2, 0.25) is 0 Å². The molecule has 1 heterocycles. The van der Waals surface area contributed by atoms with Crippen molar-refractivity contribution < 1.29 is 4.74 Å². The molecule has 1 saturated heterocycles. The number of hydrogen-bond acceptors (Lipinski definition) is 3. The van der Waals surface area contributed by atoms with Crippen LogP contribution in [0.3, 0.4) is 0 Å². The third-order valence-electron chi connectivity index (χ3n) is 3.55. The third kappa shape index (κ3) is 3.44. The zero-order valence-corrected chi connectivity index (χ0v) is 10.0. The van der Waals surface area contributed by atoms with Gasteiger partial charge in [0.25, 0.3) is 0 Å². The normalized spacial score (nSPS) is 39.2. The highest BCUT2D eigenvalue weighted by Crippen LogP contribution is 2.28. The smallest absolute Gasteiger partial charge is 0.0608 e. The first kappa shape index (κ1) is 11.4. The molecule has 88 valence electrons. The summed E-state index contributed by atoms with van der Waals surface area (Å²) < 4.78 is 5.35. The van der Waals surface area contributed by atoms with Gasteiger partial charge in [-0.3, -0.25) is 5.43 Å². The predicted molar refractivity (Wildman–Crippen MR) is 61.5 cm³/mol. The van der Waals surface area contributed by atoms with Crippen LogP contribution in [0.5, 0.6) is 0 Å². The van der Waals surface area contributed by atoms with Crippen molar-refractivity contribution in [2.24, 2.45) is 11.8 Å². The van der Waals surface area contributed by atoms with Crippen LogP contribution in [0.4, 0.5) is 0 Å². The molecule has 0 bridgehead atoms. The number of rotatable bonds is 2. The van der Waals surface area contributed by atoms with Crippen molar-refractivity contribution in [2.75, 3.05) is 26.3 Å². The monoisotopic (exact) mass is 212 g/mol. The summed E-state index contributed by atoms with van der Waals surface area (Å²) in [6, 6.07) is 0.696. The maximum Gasteiger partial charge on any atom is 0.0608 e. The topological polar surface area (TPSA) is 24.5 Å². The first-order valence-corrected chi connectivity index (χ1v) is 6.33. The van der Waals surface area contributed by atoms with Crippen molar-refractivity contribution in [3.05, 3.63) is 0 Å². The van der Waals surface area contributed by atoms with Crippen molar-refractivity contribution in [3.8, 4) is 0 Å². The summed E-state index contributed by atoms with van der Waals surface area (Å²) in [5.74, 6) is 1.76. The zero-order valence-electron chi connectivity index (χ0n) is 10.0. The maximum absolute atomic E-state index is 5.35. The second kappa shape index (κ2) is 5.28. The van der Waals surface area contributed by atoms with E-state index in [1.165, 1.54) is 19.3 Å². The summed E-state index contributed by atoms with van der Waals surface area (Å²) in [5.41, 5.74) is 3.67. The zero-order chi connectivity index (χ0) is 10.7. The minimum atomic E-state index is 0.696. The van der Waals surface area contributed by atoms with E-state index in [1.54, 1.807) is 0 Å². The Hall–Kier alpha value is -0.120. The largest absolute Gasteiger partial charge is 0.379 e. The van der Waals surface area contributed by atoms with E-state index in [2.05, 4.69) is 24.3 Å². The molecule has 0 aromatic heterocycles. The molecule has 2 rings (SSSR count). The first-order valence-electron chi connectivity index (χ1n) is 6.33. The average molecular weight is 212 g/mol. The van der Waals surface area contributed by atoms with Crippen LogP contribution in [-0.4, -0.2) is 37.4 Å². The highest BCUT2D eigenvalue weighted by atomic mass is 16.5. The van der Waals surface area contributed by atoms with Gasteiger partial charge in [-0.25, -0.2) is 5.01 Å². The maximum atomic E-state index is 5.35. The molecular formula is C12H24N2O. The molecule has 2 atom stereocenters. The number of hydrogen-bond donors (Lipinski definition) is 1. The van der Waals surface area contributed by atoms with Gasteiger partial charge in [0, 0.05) is 19.1 Å². The number of ether oxygens (including phenoxy) is 1. The molecular weight excluding hydrogens is 188 g/mol. The fourth-order valence-electron chi connectivity index (χ4n) is 3.00. The second-order valence-electron chi connectivity index (χ2n) is 5.34. The SMILES string of the molecule is CC1CC(C)CC(NN2CCOCC2)C1. The molecule has 1 saturated carbocycles. The summed E-state index contributed by atoms with van der Waals surface area (Å²) in [6.45, 7) is 8.60. The van der Waals surface area contributed by atoms with Crippen molar-refractivity contribution in [3.63, 3.8) is 0 Å². The molecule has 1 aliphatic heterocycles. The summed E-state index contributed by atoms with van der Waals surface area (Å²) in [5, 5.41) is 2.35. The van der Waals surface area contributed by atoms with Gasteiger partial charge < -0.3 is 4.74 Å². The Bertz CT molecular complexity index is 182. The molecule has 0 radical (unpaired) electrons. The van der Waals surface area contributed by atoms with Crippen LogP contribution in [0.1, 0.15) is 33.1 Å². The van der Waals surface area contributed by atoms with Crippen LogP contribution in [-0.2, 0) is 4.74 Å². The van der Waals surface area contributed by atoms with Crippen LogP contribution in [0, 0.1) is 11.8 Å². The van der Waals surface area contributed by atoms with E-state index < -0.39 is 0 Å². The van der Waals surface area contributed by atoms with Crippen LogP contribution in [0.25, 0.3) is 0 Å². The molecule has 3 nitrogen and oxygen atoms in total. The highest BCUT2D eigenvalue weighted by Gasteiger charge is 2.25. The minimum Gasteiger partial charge on any atom is -0.379 e. The predicted octanol–water partition coefficient (Wildman–Crippen LogP) is 1.65. The van der Waals surface area contributed by atoms with Gasteiger partial charge in [-0.15, -0.1) is 0 Å². The summed E-state index contributed by atoms with van der Waals surface area (Å²) in [6.07, 6.45) is 4.07. The van der Waals surface area contributed by atoms with Gasteiger partial charge in [0.1, 0.15) is 0 Å². The Kier molecular flexibility index (Phi) is 4.00. The van der Waals surface area contributed by atoms with E-state index in [0.29, 0.717) is 6.04 Å². The Balaban J connectivity index is 1.77. The lowest BCUT2D eigenvalue weighted by molar-refractivity contribution is -0.00400. The quantitative estimate of drug-likeness (QED) is 0.753. The minimum absolute atomic E-state index is 0.696. The van der Waals surface area contributed by atoms with Crippen molar-refractivity contribution in [1.82, 2.24) is 10.4 Å². The van der Waals surface area contributed by atoms with Gasteiger partial charge in [-0.05, 0) is 31.1 Å². The lowest BCUT2D eigenvalue weighted by atomic mass is 9.81. The molecule has 15 heavy (non-hydrogen) atoms. The molecule has 2 aliphatic rings. The van der Waals surface area contributed by atoms with Crippen LogP contribution in [0.15, 0.2) is 0 Å². The first-order chi connectivity index (χ1) is 7.24. The van der Waals surface area contributed by atoms with Crippen LogP contribution < -0.4 is 5.43 Å². The standard InChI is InChI=1S/C12H24N2O/c1-10-7-11(2)9-12(8-10)13-14-3-5-15-6-4-14/h10-13H,3-9H2,1-2H3. The van der Waals surface area contributed by atoms with Gasteiger partial charge in [-0.2, -0.15) is 0 Å². The van der Waals surface area contributed by atoms with Crippen LogP contribution >= 0.6 is 0 Å². The van der Waals surface area contributed by atoms with Gasteiger partial charge in [0.05, 0.1) is 13.2 Å². The molecule has 1 aliphatic carbocycles. The highest BCUT2D eigenvalue weighted by molar-refractivity contribution is 4.79. The Morgan fingerprint density at radius 1 is 1.00 bits per heavy atom. The Morgan fingerprint density at radius 2 is 1.60 bits per heavy atom. The van der Waals surface area contributed by atoms with E-state index in [-0.39, 0.29) is 0 Å². The molecule has 0 amide bonds. The number of nitrogens with zero attached hydrogens (tertiary/aromatic N) is 1. The average Bonchev–Trinajstić information content (AvgIpc) is 2.17. The second-order valence-corrected chi connectivity index (χ2v) is 5.34. The number of nitrogens with one attached hydrogen (secondary N) is 1.